The average molecular weight is 353 g/mol. The van der Waals surface area contributed by atoms with Crippen LogP contribution in [0.3, 0.4) is 0 Å². The van der Waals surface area contributed by atoms with E-state index in [9.17, 15) is 4.79 Å². The summed E-state index contributed by atoms with van der Waals surface area (Å²) in [4.78, 5) is 15.3. The molecule has 3 rings (SSSR count). The summed E-state index contributed by atoms with van der Waals surface area (Å²) in [5.41, 5.74) is 1.16. The standard InChI is InChI=1S/C22H27NO3/c1-3-23(4-2)15-8-5-9-16-25-19-13-10-14-20-21(19)22(24)17-11-6-7-12-18(17)26-20/h6-7,10-14H,3-5,8-9,15-16H2,1-2H3. The molecule has 0 fully saturated rings. The van der Waals surface area contributed by atoms with E-state index in [0.29, 0.717) is 34.3 Å². The fraction of sp³-hybridized carbons (Fsp3) is 0.409. The number of benzene rings is 2. The van der Waals surface area contributed by atoms with E-state index in [1.165, 1.54) is 6.42 Å². The molecule has 0 bridgehead atoms. The lowest BCUT2D eigenvalue weighted by Gasteiger charge is -2.17. The first-order valence-electron chi connectivity index (χ1n) is 9.54. The molecule has 138 valence electrons. The summed E-state index contributed by atoms with van der Waals surface area (Å²) in [7, 11) is 0. The molecule has 0 aliphatic carbocycles. The first kappa shape index (κ1) is 18.5. The molecule has 0 spiro atoms. The zero-order chi connectivity index (χ0) is 18.4. The number of hydrogen-bond acceptors (Lipinski definition) is 4. The molecular weight excluding hydrogens is 326 g/mol. The normalized spacial score (nSPS) is 11.5. The van der Waals surface area contributed by atoms with Crippen LogP contribution in [-0.4, -0.2) is 31.1 Å². The van der Waals surface area contributed by atoms with Crippen molar-refractivity contribution in [3.8, 4) is 5.75 Å². The molecule has 0 atom stereocenters. The minimum absolute atomic E-state index is 0.0287. The predicted octanol–water partition coefficient (Wildman–Crippen LogP) is 4.84. The monoisotopic (exact) mass is 353 g/mol. The Bertz CT molecular complexity index is 912. The van der Waals surface area contributed by atoms with Gasteiger partial charge in [0.05, 0.1) is 12.0 Å². The molecule has 0 unspecified atom stereocenters. The number of nitrogens with zero attached hydrogens (tertiary/aromatic N) is 1. The summed E-state index contributed by atoms with van der Waals surface area (Å²) in [5, 5.41) is 1.13. The minimum Gasteiger partial charge on any atom is -0.493 e. The zero-order valence-electron chi connectivity index (χ0n) is 15.7. The van der Waals surface area contributed by atoms with Gasteiger partial charge in [-0.3, -0.25) is 4.79 Å². The van der Waals surface area contributed by atoms with E-state index in [-0.39, 0.29) is 5.43 Å². The molecule has 26 heavy (non-hydrogen) atoms. The van der Waals surface area contributed by atoms with Gasteiger partial charge in [-0.15, -0.1) is 0 Å². The molecule has 0 amide bonds. The number of unbranched alkanes of at least 4 members (excludes halogenated alkanes) is 2. The predicted molar refractivity (Wildman–Crippen MR) is 107 cm³/mol. The van der Waals surface area contributed by atoms with Gasteiger partial charge in [0.2, 0.25) is 5.43 Å². The Labute approximate surface area is 154 Å². The van der Waals surface area contributed by atoms with Crippen LogP contribution in [-0.2, 0) is 0 Å². The molecule has 1 aromatic heterocycles. The third-order valence-corrected chi connectivity index (χ3v) is 4.84. The van der Waals surface area contributed by atoms with Crippen molar-refractivity contribution >= 4 is 21.9 Å². The molecule has 4 heteroatoms. The van der Waals surface area contributed by atoms with Crippen LogP contribution in [0.1, 0.15) is 33.1 Å². The highest BCUT2D eigenvalue weighted by molar-refractivity contribution is 5.93. The fourth-order valence-electron chi connectivity index (χ4n) is 3.27. The van der Waals surface area contributed by atoms with Crippen LogP contribution < -0.4 is 10.2 Å². The van der Waals surface area contributed by atoms with Crippen LogP contribution in [0.4, 0.5) is 0 Å². The molecule has 0 saturated heterocycles. The van der Waals surface area contributed by atoms with Crippen molar-refractivity contribution in [1.29, 1.82) is 0 Å². The van der Waals surface area contributed by atoms with Gasteiger partial charge in [0.15, 0.2) is 0 Å². The zero-order valence-corrected chi connectivity index (χ0v) is 15.7. The highest BCUT2D eigenvalue weighted by Gasteiger charge is 2.12. The Hall–Kier alpha value is -2.33. The quantitative estimate of drug-likeness (QED) is 0.408. The largest absolute Gasteiger partial charge is 0.493 e. The lowest BCUT2D eigenvalue weighted by molar-refractivity contribution is 0.278. The second-order valence-corrected chi connectivity index (χ2v) is 6.49. The van der Waals surface area contributed by atoms with Crippen molar-refractivity contribution in [1.82, 2.24) is 4.90 Å². The second-order valence-electron chi connectivity index (χ2n) is 6.49. The van der Waals surface area contributed by atoms with Gasteiger partial charge in [-0.05, 0) is 63.2 Å². The molecule has 1 heterocycles. The lowest BCUT2D eigenvalue weighted by atomic mass is 10.1. The van der Waals surface area contributed by atoms with E-state index in [4.69, 9.17) is 9.15 Å². The SMILES string of the molecule is CCN(CC)CCCCCOc1cccc2oc3ccccc3c(=O)c12. The molecular formula is C22H27NO3. The van der Waals surface area contributed by atoms with Crippen LogP contribution in [0, 0.1) is 0 Å². The van der Waals surface area contributed by atoms with Crippen LogP contribution in [0.15, 0.2) is 51.7 Å². The lowest BCUT2D eigenvalue weighted by Crippen LogP contribution is -2.23. The van der Waals surface area contributed by atoms with Crippen LogP contribution in [0.2, 0.25) is 0 Å². The topological polar surface area (TPSA) is 42.7 Å². The summed E-state index contributed by atoms with van der Waals surface area (Å²) in [6.45, 7) is 8.35. The molecule has 3 aromatic rings. The smallest absolute Gasteiger partial charge is 0.204 e. The van der Waals surface area contributed by atoms with Crippen LogP contribution >= 0.6 is 0 Å². The number of hydrogen-bond donors (Lipinski definition) is 0. The van der Waals surface area contributed by atoms with Crippen molar-refractivity contribution in [2.24, 2.45) is 0 Å². The first-order valence-corrected chi connectivity index (χ1v) is 9.54. The van der Waals surface area contributed by atoms with Gasteiger partial charge in [0, 0.05) is 0 Å². The Balaban J connectivity index is 1.67. The van der Waals surface area contributed by atoms with Crippen LogP contribution in [0.5, 0.6) is 5.75 Å². The van der Waals surface area contributed by atoms with Gasteiger partial charge in [0.1, 0.15) is 22.3 Å². The fourth-order valence-corrected chi connectivity index (χ4v) is 3.27. The summed E-state index contributed by atoms with van der Waals surface area (Å²) in [6, 6.07) is 12.9. The third kappa shape index (κ3) is 4.07. The number of fused-ring (bicyclic) bond motifs is 2. The van der Waals surface area contributed by atoms with Gasteiger partial charge in [-0.25, -0.2) is 0 Å². The van der Waals surface area contributed by atoms with E-state index >= 15 is 0 Å². The summed E-state index contributed by atoms with van der Waals surface area (Å²) < 4.78 is 11.8. The molecule has 0 N–H and O–H groups in total. The Kier molecular flexibility index (Phi) is 6.29. The van der Waals surface area contributed by atoms with Crippen molar-refractivity contribution in [2.45, 2.75) is 33.1 Å². The number of rotatable bonds is 9. The maximum Gasteiger partial charge on any atom is 0.204 e. The average Bonchev–Trinajstić information content (AvgIpc) is 2.67. The van der Waals surface area contributed by atoms with E-state index in [0.717, 1.165) is 32.5 Å². The van der Waals surface area contributed by atoms with Crippen molar-refractivity contribution < 1.29 is 9.15 Å². The van der Waals surface area contributed by atoms with E-state index in [2.05, 4.69) is 18.7 Å². The Morgan fingerprint density at radius 2 is 1.69 bits per heavy atom. The molecule has 0 aliphatic heterocycles. The third-order valence-electron chi connectivity index (χ3n) is 4.84. The Morgan fingerprint density at radius 1 is 0.923 bits per heavy atom. The molecule has 0 saturated carbocycles. The van der Waals surface area contributed by atoms with E-state index < -0.39 is 0 Å². The Morgan fingerprint density at radius 3 is 2.50 bits per heavy atom. The molecule has 0 radical (unpaired) electrons. The maximum absolute atomic E-state index is 12.8. The maximum atomic E-state index is 12.8. The highest BCUT2D eigenvalue weighted by Crippen LogP contribution is 2.26. The van der Waals surface area contributed by atoms with E-state index in [1.807, 2.05) is 36.4 Å². The molecule has 0 aliphatic rings. The second kappa shape index (κ2) is 8.86. The summed E-state index contributed by atoms with van der Waals surface area (Å²) in [6.07, 6.45) is 3.28. The minimum atomic E-state index is -0.0287. The number of ether oxygens (including phenoxy) is 1. The summed E-state index contributed by atoms with van der Waals surface area (Å²) >= 11 is 0. The van der Waals surface area contributed by atoms with Gasteiger partial charge in [-0.1, -0.05) is 32.0 Å². The van der Waals surface area contributed by atoms with Crippen molar-refractivity contribution in [3.05, 3.63) is 52.7 Å². The molecule has 4 nitrogen and oxygen atoms in total. The van der Waals surface area contributed by atoms with Crippen LogP contribution in [0.25, 0.3) is 21.9 Å². The van der Waals surface area contributed by atoms with Gasteiger partial charge >= 0.3 is 0 Å². The van der Waals surface area contributed by atoms with Crippen molar-refractivity contribution in [2.75, 3.05) is 26.2 Å². The van der Waals surface area contributed by atoms with E-state index in [1.54, 1.807) is 6.07 Å². The molecule has 2 aromatic carbocycles. The van der Waals surface area contributed by atoms with Gasteiger partial charge < -0.3 is 14.1 Å². The van der Waals surface area contributed by atoms with Crippen molar-refractivity contribution in [3.63, 3.8) is 0 Å². The summed E-state index contributed by atoms with van der Waals surface area (Å²) in [5.74, 6) is 0.616. The van der Waals surface area contributed by atoms with Gasteiger partial charge in [-0.2, -0.15) is 0 Å². The van der Waals surface area contributed by atoms with Gasteiger partial charge in [0.25, 0.3) is 0 Å². The number of para-hydroxylation sites is 1. The first-order chi connectivity index (χ1) is 12.7. The highest BCUT2D eigenvalue weighted by atomic mass is 16.5.